The summed E-state index contributed by atoms with van der Waals surface area (Å²) in [4.78, 5) is 12.8. The number of carbonyl (C=O) groups excluding carboxylic acids is 1. The molecule has 0 bridgehead atoms. The van der Waals surface area contributed by atoms with Crippen molar-refractivity contribution in [2.45, 2.75) is 11.8 Å². The van der Waals surface area contributed by atoms with E-state index >= 15 is 0 Å². The number of hydrazone groups is 1. The van der Waals surface area contributed by atoms with Gasteiger partial charge in [-0.3, -0.25) is 9.10 Å². The second-order valence-corrected chi connectivity index (χ2v) is 9.90. The first kappa shape index (κ1) is 26.8. The predicted molar refractivity (Wildman–Crippen MR) is 142 cm³/mol. The Morgan fingerprint density at radius 2 is 1.81 bits per heavy atom. The number of rotatable bonds is 11. The fourth-order valence-corrected chi connectivity index (χ4v) is 4.73. The van der Waals surface area contributed by atoms with Crippen molar-refractivity contribution in [2.75, 3.05) is 24.6 Å². The van der Waals surface area contributed by atoms with Crippen LogP contribution in [0.25, 0.3) is 0 Å². The van der Waals surface area contributed by atoms with E-state index in [1.165, 1.54) is 37.6 Å². The van der Waals surface area contributed by atoms with Crippen LogP contribution < -0.4 is 19.2 Å². The Kier molecular flexibility index (Phi) is 9.10. The van der Waals surface area contributed by atoms with Gasteiger partial charge in [0.2, 0.25) is 0 Å². The quantitative estimate of drug-likeness (QED) is 0.224. The number of halogens is 1. The number of carbonyl (C=O) groups is 1. The molecule has 0 aliphatic carbocycles. The summed E-state index contributed by atoms with van der Waals surface area (Å²) in [5.41, 5.74) is 4.10. The SMILES string of the molecule is C=CCOc1ccc(/C=N\NC(=O)CN(c2cc(Cl)ccc2OC)S(=O)(=O)c2ccc(C)cc2)cc1. The van der Waals surface area contributed by atoms with Crippen LogP contribution in [0.1, 0.15) is 11.1 Å². The van der Waals surface area contributed by atoms with Gasteiger partial charge in [0.05, 0.1) is 23.9 Å². The van der Waals surface area contributed by atoms with E-state index in [9.17, 15) is 13.2 Å². The topological polar surface area (TPSA) is 97.3 Å². The van der Waals surface area contributed by atoms with Gasteiger partial charge in [-0.25, -0.2) is 13.8 Å². The van der Waals surface area contributed by atoms with Crippen molar-refractivity contribution in [3.63, 3.8) is 0 Å². The molecule has 0 saturated carbocycles. The van der Waals surface area contributed by atoms with E-state index in [0.29, 0.717) is 17.9 Å². The zero-order valence-corrected chi connectivity index (χ0v) is 21.4. The fourth-order valence-electron chi connectivity index (χ4n) is 3.15. The number of amides is 1. The lowest BCUT2D eigenvalue weighted by atomic mass is 10.2. The van der Waals surface area contributed by atoms with Gasteiger partial charge in [-0.2, -0.15) is 5.10 Å². The maximum Gasteiger partial charge on any atom is 0.264 e. The highest BCUT2D eigenvalue weighted by Gasteiger charge is 2.29. The average Bonchev–Trinajstić information content (AvgIpc) is 2.87. The van der Waals surface area contributed by atoms with E-state index in [4.69, 9.17) is 21.1 Å². The van der Waals surface area contributed by atoms with Crippen LogP contribution in [0.3, 0.4) is 0 Å². The summed E-state index contributed by atoms with van der Waals surface area (Å²) in [6.45, 7) is 5.28. The Bertz CT molecular complexity index is 1340. The summed E-state index contributed by atoms with van der Waals surface area (Å²) in [6, 6.07) is 17.9. The van der Waals surface area contributed by atoms with E-state index < -0.39 is 22.5 Å². The van der Waals surface area contributed by atoms with Gasteiger partial charge in [0.25, 0.3) is 15.9 Å². The van der Waals surface area contributed by atoms with Gasteiger partial charge in [-0.05, 0) is 67.1 Å². The molecule has 36 heavy (non-hydrogen) atoms. The molecule has 1 amide bonds. The Balaban J connectivity index is 1.83. The molecule has 0 atom stereocenters. The molecule has 0 aromatic heterocycles. The van der Waals surface area contributed by atoms with Crippen LogP contribution >= 0.6 is 11.6 Å². The summed E-state index contributed by atoms with van der Waals surface area (Å²) in [5.74, 6) is 0.253. The number of hydrogen-bond acceptors (Lipinski definition) is 6. The summed E-state index contributed by atoms with van der Waals surface area (Å²) in [5, 5.41) is 4.23. The van der Waals surface area contributed by atoms with E-state index in [1.54, 1.807) is 48.5 Å². The van der Waals surface area contributed by atoms with Crippen LogP contribution in [0, 0.1) is 6.92 Å². The van der Waals surface area contributed by atoms with E-state index in [1.807, 2.05) is 6.92 Å². The third kappa shape index (κ3) is 6.87. The highest BCUT2D eigenvalue weighted by Crippen LogP contribution is 2.34. The molecule has 0 aliphatic heterocycles. The van der Waals surface area contributed by atoms with Crippen LogP contribution in [0.2, 0.25) is 5.02 Å². The average molecular weight is 528 g/mol. The van der Waals surface area contributed by atoms with Crippen LogP contribution in [-0.2, 0) is 14.8 Å². The number of ether oxygens (including phenoxy) is 2. The number of benzene rings is 3. The minimum absolute atomic E-state index is 0.0187. The maximum atomic E-state index is 13.6. The summed E-state index contributed by atoms with van der Waals surface area (Å²) < 4.78 is 38.8. The zero-order valence-electron chi connectivity index (χ0n) is 19.8. The standard InChI is InChI=1S/C26H26ClN3O5S/c1-4-15-35-22-10-7-20(8-11-22)17-28-29-26(31)18-30(24-16-21(27)9-14-25(24)34-3)36(32,33)23-12-5-19(2)6-13-23/h4-14,16-17H,1,15,18H2,2-3H3,(H,29,31)/b28-17-. The minimum atomic E-state index is -4.14. The molecule has 0 aliphatic rings. The number of hydrogen-bond donors (Lipinski definition) is 1. The number of sulfonamides is 1. The molecule has 3 aromatic carbocycles. The first-order valence-electron chi connectivity index (χ1n) is 10.8. The van der Waals surface area contributed by atoms with Gasteiger partial charge in [-0.15, -0.1) is 0 Å². The summed E-state index contributed by atoms with van der Waals surface area (Å²) >= 11 is 6.15. The molecular weight excluding hydrogens is 502 g/mol. The van der Waals surface area contributed by atoms with Crippen LogP contribution in [0.4, 0.5) is 5.69 Å². The lowest BCUT2D eigenvalue weighted by molar-refractivity contribution is -0.119. The molecular formula is C26H26ClN3O5S. The van der Waals surface area contributed by atoms with Crippen molar-refractivity contribution in [1.29, 1.82) is 0 Å². The molecule has 3 rings (SSSR count). The predicted octanol–water partition coefficient (Wildman–Crippen LogP) is 4.57. The Labute approximate surface area is 215 Å². The zero-order chi connectivity index (χ0) is 26.1. The Hall–Kier alpha value is -3.82. The second-order valence-electron chi connectivity index (χ2n) is 7.60. The van der Waals surface area contributed by atoms with Crippen molar-refractivity contribution in [3.8, 4) is 11.5 Å². The van der Waals surface area contributed by atoms with Crippen LogP contribution in [-0.4, -0.2) is 40.8 Å². The molecule has 1 N–H and O–H groups in total. The van der Waals surface area contributed by atoms with Gasteiger partial charge in [0, 0.05) is 5.02 Å². The minimum Gasteiger partial charge on any atom is -0.495 e. The van der Waals surface area contributed by atoms with Gasteiger partial charge in [-0.1, -0.05) is 42.0 Å². The van der Waals surface area contributed by atoms with Crippen LogP contribution in [0.5, 0.6) is 11.5 Å². The monoisotopic (exact) mass is 527 g/mol. The Morgan fingerprint density at radius 3 is 2.44 bits per heavy atom. The van der Waals surface area contributed by atoms with E-state index in [2.05, 4.69) is 17.1 Å². The van der Waals surface area contributed by atoms with Gasteiger partial charge in [0.15, 0.2) is 0 Å². The van der Waals surface area contributed by atoms with Crippen LogP contribution in [0.15, 0.2) is 89.4 Å². The van der Waals surface area contributed by atoms with Gasteiger partial charge >= 0.3 is 0 Å². The largest absolute Gasteiger partial charge is 0.495 e. The molecule has 0 radical (unpaired) electrons. The van der Waals surface area contributed by atoms with Crippen molar-refractivity contribution < 1.29 is 22.7 Å². The molecule has 0 unspecified atom stereocenters. The molecule has 0 heterocycles. The highest BCUT2D eigenvalue weighted by molar-refractivity contribution is 7.92. The number of nitrogens with zero attached hydrogens (tertiary/aromatic N) is 2. The number of anilines is 1. The number of methoxy groups -OCH3 is 1. The van der Waals surface area contributed by atoms with Gasteiger partial charge in [0.1, 0.15) is 24.7 Å². The molecule has 0 fully saturated rings. The fraction of sp³-hybridized carbons (Fsp3) is 0.154. The molecule has 8 nitrogen and oxygen atoms in total. The summed E-state index contributed by atoms with van der Waals surface area (Å²) in [6.07, 6.45) is 3.08. The second kappa shape index (κ2) is 12.2. The smallest absolute Gasteiger partial charge is 0.264 e. The molecule has 10 heteroatoms. The third-order valence-corrected chi connectivity index (χ3v) is 6.97. The molecule has 0 spiro atoms. The molecule has 3 aromatic rings. The summed E-state index contributed by atoms with van der Waals surface area (Å²) in [7, 11) is -2.74. The van der Waals surface area contributed by atoms with E-state index in [-0.39, 0.29) is 21.4 Å². The first-order valence-corrected chi connectivity index (χ1v) is 12.6. The number of aryl methyl sites for hydroxylation is 1. The molecule has 0 saturated heterocycles. The highest BCUT2D eigenvalue weighted by atomic mass is 35.5. The van der Waals surface area contributed by atoms with Gasteiger partial charge < -0.3 is 9.47 Å². The Morgan fingerprint density at radius 1 is 1.11 bits per heavy atom. The van der Waals surface area contributed by atoms with Crippen molar-refractivity contribution in [2.24, 2.45) is 5.10 Å². The number of nitrogens with one attached hydrogen (secondary N) is 1. The lowest BCUT2D eigenvalue weighted by Gasteiger charge is -2.25. The molecule has 188 valence electrons. The van der Waals surface area contributed by atoms with E-state index in [0.717, 1.165) is 9.87 Å². The third-order valence-electron chi connectivity index (χ3n) is 4.96. The maximum absolute atomic E-state index is 13.6. The lowest BCUT2D eigenvalue weighted by Crippen LogP contribution is -2.39. The first-order chi connectivity index (χ1) is 17.2. The van der Waals surface area contributed by atoms with Crippen molar-refractivity contribution in [1.82, 2.24) is 5.43 Å². The normalized spacial score (nSPS) is 11.2. The van der Waals surface area contributed by atoms with Crippen molar-refractivity contribution >= 4 is 39.4 Å². The van der Waals surface area contributed by atoms with Crippen molar-refractivity contribution in [3.05, 3.63) is 95.5 Å².